The maximum atomic E-state index is 12.1. The summed E-state index contributed by atoms with van der Waals surface area (Å²) < 4.78 is 0. The third kappa shape index (κ3) is 5.73. The van der Waals surface area contributed by atoms with E-state index in [1.165, 1.54) is 6.42 Å². The molecule has 0 saturated carbocycles. The monoisotopic (exact) mass is 319 g/mol. The van der Waals surface area contributed by atoms with Crippen LogP contribution >= 0.6 is 15.9 Å². The van der Waals surface area contributed by atoms with Gasteiger partial charge in [0.15, 0.2) is 0 Å². The quantitative estimate of drug-likeness (QED) is 0.589. The van der Waals surface area contributed by atoms with Crippen LogP contribution in [0, 0.1) is 11.3 Å². The van der Waals surface area contributed by atoms with Gasteiger partial charge in [0.25, 0.3) is 0 Å². The lowest BCUT2D eigenvalue weighted by molar-refractivity contribution is -0.125. The van der Waals surface area contributed by atoms with Gasteiger partial charge in [0.2, 0.25) is 5.91 Å². The van der Waals surface area contributed by atoms with Crippen LogP contribution in [0.1, 0.15) is 66.2 Å². The van der Waals surface area contributed by atoms with Crippen LogP contribution in [0.15, 0.2) is 0 Å². The first-order valence-electron chi connectivity index (χ1n) is 7.42. The largest absolute Gasteiger partial charge is 0.355 e. The zero-order chi connectivity index (χ0) is 14.0. The molecule has 0 spiro atoms. The van der Waals surface area contributed by atoms with Crippen LogP contribution in [0.5, 0.6) is 0 Å². The molecule has 0 fully saturated rings. The van der Waals surface area contributed by atoms with Gasteiger partial charge in [0.05, 0.1) is 0 Å². The Morgan fingerprint density at radius 3 is 2.22 bits per heavy atom. The molecule has 1 unspecified atom stereocenters. The molecule has 18 heavy (non-hydrogen) atoms. The highest BCUT2D eigenvalue weighted by molar-refractivity contribution is 9.09. The Hall–Kier alpha value is -0.0500. The molecule has 0 radical (unpaired) electrons. The highest BCUT2D eigenvalue weighted by Crippen LogP contribution is 2.28. The fourth-order valence-corrected chi connectivity index (χ4v) is 3.12. The Morgan fingerprint density at radius 1 is 1.22 bits per heavy atom. The van der Waals surface area contributed by atoms with Crippen molar-refractivity contribution in [2.75, 3.05) is 11.9 Å². The molecule has 0 aromatic carbocycles. The number of carbonyl (C=O) groups is 1. The summed E-state index contributed by atoms with van der Waals surface area (Å²) >= 11 is 3.59. The Labute approximate surface area is 121 Å². The van der Waals surface area contributed by atoms with Crippen LogP contribution in [0.25, 0.3) is 0 Å². The number of unbranched alkanes of at least 4 members (excludes halogenated alkanes) is 1. The average Bonchev–Trinajstić information content (AvgIpc) is 2.42. The minimum Gasteiger partial charge on any atom is -0.355 e. The summed E-state index contributed by atoms with van der Waals surface area (Å²) in [6.45, 7) is 9.48. The van der Waals surface area contributed by atoms with E-state index < -0.39 is 0 Å². The van der Waals surface area contributed by atoms with E-state index in [4.69, 9.17) is 0 Å². The highest BCUT2D eigenvalue weighted by atomic mass is 79.9. The van der Waals surface area contributed by atoms with E-state index in [1.807, 2.05) is 0 Å². The molecule has 3 heteroatoms. The van der Waals surface area contributed by atoms with Crippen LogP contribution in [0.2, 0.25) is 0 Å². The Balaban J connectivity index is 4.28. The number of nitrogens with one attached hydrogen (secondary N) is 1. The van der Waals surface area contributed by atoms with Gasteiger partial charge in [-0.15, -0.1) is 0 Å². The zero-order valence-electron chi connectivity index (χ0n) is 12.5. The van der Waals surface area contributed by atoms with Crippen LogP contribution < -0.4 is 5.32 Å². The molecule has 0 heterocycles. The van der Waals surface area contributed by atoms with E-state index in [0.717, 1.165) is 44.0 Å². The van der Waals surface area contributed by atoms with Gasteiger partial charge in [-0.25, -0.2) is 0 Å². The second kappa shape index (κ2) is 9.82. The molecule has 0 aromatic heterocycles. The van der Waals surface area contributed by atoms with Crippen molar-refractivity contribution < 1.29 is 4.79 Å². The summed E-state index contributed by atoms with van der Waals surface area (Å²) in [5.41, 5.74) is 0.221. The smallest absolute Gasteiger partial charge is 0.223 e. The van der Waals surface area contributed by atoms with Gasteiger partial charge >= 0.3 is 0 Å². The molecular formula is C15H30BrNO. The van der Waals surface area contributed by atoms with Crippen LogP contribution in [-0.2, 0) is 4.79 Å². The van der Waals surface area contributed by atoms with E-state index in [9.17, 15) is 4.79 Å². The lowest BCUT2D eigenvalue weighted by atomic mass is 9.84. The van der Waals surface area contributed by atoms with Crippen molar-refractivity contribution >= 4 is 21.8 Å². The summed E-state index contributed by atoms with van der Waals surface area (Å²) in [7, 11) is 0. The normalized spacial score (nSPS) is 13.4. The van der Waals surface area contributed by atoms with E-state index in [-0.39, 0.29) is 17.2 Å². The first-order chi connectivity index (χ1) is 8.59. The van der Waals surface area contributed by atoms with Crippen molar-refractivity contribution in [1.82, 2.24) is 5.32 Å². The minimum absolute atomic E-state index is 0.201. The molecule has 108 valence electrons. The number of hydrogen-bond donors (Lipinski definition) is 1. The predicted octanol–water partition coefficient (Wildman–Crippen LogP) is 4.52. The van der Waals surface area contributed by atoms with Crippen LogP contribution in [0.4, 0.5) is 0 Å². The summed E-state index contributed by atoms with van der Waals surface area (Å²) in [5, 5.41) is 4.12. The van der Waals surface area contributed by atoms with E-state index >= 15 is 0 Å². The topological polar surface area (TPSA) is 29.1 Å². The Morgan fingerprint density at radius 2 is 1.83 bits per heavy atom. The molecule has 1 atom stereocenters. The SMILES string of the molecule is CCCCC(CC)C(=O)NCC(CC)(CC)CBr. The van der Waals surface area contributed by atoms with Gasteiger partial charge in [-0.3, -0.25) is 4.79 Å². The standard InChI is InChI=1S/C15H30BrNO/c1-5-9-10-13(6-2)14(18)17-12-15(7-3,8-4)11-16/h13H,5-12H2,1-4H3,(H,17,18). The van der Waals surface area contributed by atoms with Crippen molar-refractivity contribution in [3.8, 4) is 0 Å². The lowest BCUT2D eigenvalue weighted by Crippen LogP contribution is -2.40. The maximum Gasteiger partial charge on any atom is 0.223 e. The Bertz CT molecular complexity index is 218. The van der Waals surface area contributed by atoms with Crippen LogP contribution in [-0.4, -0.2) is 17.8 Å². The molecule has 2 nitrogen and oxygen atoms in total. The van der Waals surface area contributed by atoms with E-state index in [2.05, 4.69) is 48.9 Å². The van der Waals surface area contributed by atoms with E-state index in [1.54, 1.807) is 0 Å². The number of amides is 1. The van der Waals surface area contributed by atoms with E-state index in [0.29, 0.717) is 0 Å². The molecule has 0 bridgehead atoms. The van der Waals surface area contributed by atoms with Crippen LogP contribution in [0.3, 0.4) is 0 Å². The number of alkyl halides is 1. The average molecular weight is 320 g/mol. The molecule has 0 saturated heterocycles. The van der Waals surface area contributed by atoms with Crippen molar-refractivity contribution in [2.24, 2.45) is 11.3 Å². The predicted molar refractivity (Wildman–Crippen MR) is 83.1 cm³/mol. The zero-order valence-corrected chi connectivity index (χ0v) is 14.1. The molecular weight excluding hydrogens is 290 g/mol. The number of halogens is 1. The molecule has 1 N–H and O–H groups in total. The molecule has 0 aliphatic heterocycles. The number of hydrogen-bond acceptors (Lipinski definition) is 1. The number of carbonyl (C=O) groups excluding carboxylic acids is 1. The number of rotatable bonds is 10. The van der Waals surface area contributed by atoms with Gasteiger partial charge in [0, 0.05) is 17.8 Å². The van der Waals surface area contributed by atoms with Gasteiger partial charge in [-0.2, -0.15) is 0 Å². The van der Waals surface area contributed by atoms with Gasteiger partial charge in [-0.05, 0) is 31.1 Å². The molecule has 1 amide bonds. The molecule has 0 aromatic rings. The summed E-state index contributed by atoms with van der Waals surface area (Å²) in [6, 6.07) is 0. The van der Waals surface area contributed by atoms with Crippen molar-refractivity contribution in [1.29, 1.82) is 0 Å². The van der Waals surface area contributed by atoms with Gasteiger partial charge < -0.3 is 5.32 Å². The second-order valence-corrected chi connectivity index (χ2v) is 5.87. The molecule has 0 aliphatic carbocycles. The highest BCUT2D eigenvalue weighted by Gasteiger charge is 2.26. The molecule has 0 rings (SSSR count). The van der Waals surface area contributed by atoms with Crippen molar-refractivity contribution in [2.45, 2.75) is 66.2 Å². The van der Waals surface area contributed by atoms with Gasteiger partial charge in [0.1, 0.15) is 0 Å². The third-order valence-corrected chi connectivity index (χ3v) is 5.38. The Kier molecular flexibility index (Phi) is 9.80. The lowest BCUT2D eigenvalue weighted by Gasteiger charge is -2.30. The summed E-state index contributed by atoms with van der Waals surface area (Å²) in [6.07, 6.45) is 6.49. The maximum absolute atomic E-state index is 12.1. The third-order valence-electron chi connectivity index (χ3n) is 4.19. The second-order valence-electron chi connectivity index (χ2n) is 5.31. The summed E-state index contributed by atoms with van der Waals surface area (Å²) in [5.74, 6) is 0.449. The van der Waals surface area contributed by atoms with Crippen molar-refractivity contribution in [3.05, 3.63) is 0 Å². The fourth-order valence-electron chi connectivity index (χ4n) is 2.13. The first-order valence-corrected chi connectivity index (χ1v) is 8.54. The summed E-state index contributed by atoms with van der Waals surface area (Å²) in [4.78, 5) is 12.1. The molecule has 0 aliphatic rings. The fraction of sp³-hybridized carbons (Fsp3) is 0.933. The van der Waals surface area contributed by atoms with Gasteiger partial charge in [-0.1, -0.05) is 56.5 Å². The minimum atomic E-state index is 0.201. The van der Waals surface area contributed by atoms with Crippen molar-refractivity contribution in [3.63, 3.8) is 0 Å². The first kappa shape index (κ1) is 17.9.